The first-order chi connectivity index (χ1) is 12.1. The molecular formula is C18H19ClN4OS. The number of rotatable bonds is 4. The normalized spacial score (nSPS) is 16.3. The average molecular weight is 375 g/mol. The van der Waals surface area contributed by atoms with Gasteiger partial charge in [-0.3, -0.25) is 9.69 Å². The van der Waals surface area contributed by atoms with Gasteiger partial charge in [0, 0.05) is 36.9 Å². The molecule has 5 nitrogen and oxygen atoms in total. The number of benzene rings is 1. The minimum absolute atomic E-state index is 0.0739. The third-order valence-electron chi connectivity index (χ3n) is 4.44. The number of nitrogens with zero attached hydrogens (tertiary/aromatic N) is 3. The van der Waals surface area contributed by atoms with Gasteiger partial charge in [0.1, 0.15) is 11.1 Å². The van der Waals surface area contributed by atoms with Crippen molar-refractivity contribution in [3.05, 3.63) is 46.3 Å². The first-order valence-electron chi connectivity index (χ1n) is 8.11. The van der Waals surface area contributed by atoms with Crippen LogP contribution >= 0.6 is 22.9 Å². The van der Waals surface area contributed by atoms with Crippen molar-refractivity contribution in [2.75, 3.05) is 36.4 Å². The third-order valence-corrected chi connectivity index (χ3v) is 5.50. The lowest BCUT2D eigenvalue weighted by molar-refractivity contribution is -0.120. The van der Waals surface area contributed by atoms with E-state index >= 15 is 0 Å². The van der Waals surface area contributed by atoms with Crippen LogP contribution in [0.1, 0.15) is 12.5 Å². The maximum Gasteiger partial charge on any atom is 0.242 e. The fraction of sp³-hybridized carbons (Fsp3) is 0.333. The van der Waals surface area contributed by atoms with Crippen LogP contribution in [-0.4, -0.2) is 43.0 Å². The Balaban J connectivity index is 1.57. The fourth-order valence-corrected chi connectivity index (χ4v) is 3.84. The van der Waals surface area contributed by atoms with Gasteiger partial charge in [-0.1, -0.05) is 17.7 Å². The highest BCUT2D eigenvalue weighted by Gasteiger charge is 2.26. The number of anilines is 2. The molecular weight excluding hydrogens is 356 g/mol. The van der Waals surface area contributed by atoms with Crippen molar-refractivity contribution in [3.8, 4) is 6.07 Å². The van der Waals surface area contributed by atoms with Crippen molar-refractivity contribution in [2.24, 2.45) is 0 Å². The van der Waals surface area contributed by atoms with Crippen molar-refractivity contribution in [2.45, 2.75) is 13.0 Å². The number of carbonyl (C=O) groups excluding carboxylic acids is 1. The van der Waals surface area contributed by atoms with Gasteiger partial charge in [-0.2, -0.15) is 5.26 Å². The summed E-state index contributed by atoms with van der Waals surface area (Å²) in [5.74, 6) is -0.0739. The number of halogens is 1. The minimum Gasteiger partial charge on any atom is -0.369 e. The zero-order chi connectivity index (χ0) is 17.8. The van der Waals surface area contributed by atoms with E-state index in [1.807, 2.05) is 30.5 Å². The molecule has 1 aromatic heterocycles. The lowest BCUT2D eigenvalue weighted by Crippen LogP contribution is -2.52. The van der Waals surface area contributed by atoms with E-state index in [-0.39, 0.29) is 11.9 Å². The molecule has 2 heterocycles. The molecule has 1 aromatic carbocycles. The molecule has 1 saturated heterocycles. The zero-order valence-electron chi connectivity index (χ0n) is 13.9. The van der Waals surface area contributed by atoms with E-state index in [1.54, 1.807) is 6.07 Å². The van der Waals surface area contributed by atoms with E-state index in [1.165, 1.54) is 11.3 Å². The number of amides is 1. The van der Waals surface area contributed by atoms with Crippen LogP contribution in [-0.2, 0) is 4.79 Å². The molecule has 25 heavy (non-hydrogen) atoms. The van der Waals surface area contributed by atoms with E-state index in [0.29, 0.717) is 10.6 Å². The lowest BCUT2D eigenvalue weighted by atomic mass is 10.2. The highest BCUT2D eigenvalue weighted by molar-refractivity contribution is 7.14. The van der Waals surface area contributed by atoms with Gasteiger partial charge in [-0.05, 0) is 36.6 Å². The van der Waals surface area contributed by atoms with Crippen LogP contribution in [0.3, 0.4) is 0 Å². The van der Waals surface area contributed by atoms with Crippen molar-refractivity contribution in [3.63, 3.8) is 0 Å². The summed E-state index contributed by atoms with van der Waals surface area (Å²) >= 11 is 7.44. The van der Waals surface area contributed by atoms with Gasteiger partial charge in [0.05, 0.1) is 11.6 Å². The van der Waals surface area contributed by atoms with E-state index in [0.717, 1.165) is 36.9 Å². The molecule has 130 valence electrons. The fourth-order valence-electron chi connectivity index (χ4n) is 2.92. The van der Waals surface area contributed by atoms with Crippen LogP contribution in [0.25, 0.3) is 0 Å². The van der Waals surface area contributed by atoms with Gasteiger partial charge in [-0.25, -0.2) is 0 Å². The quantitative estimate of drug-likeness (QED) is 0.890. The molecule has 1 N–H and O–H groups in total. The monoisotopic (exact) mass is 374 g/mol. The molecule has 2 aromatic rings. The van der Waals surface area contributed by atoms with E-state index in [9.17, 15) is 4.79 Å². The number of hydrogen-bond donors (Lipinski definition) is 1. The topological polar surface area (TPSA) is 59.4 Å². The van der Waals surface area contributed by atoms with Crippen LogP contribution in [0.15, 0.2) is 35.7 Å². The molecule has 1 aliphatic heterocycles. The zero-order valence-corrected chi connectivity index (χ0v) is 15.5. The Morgan fingerprint density at radius 1 is 1.32 bits per heavy atom. The number of nitriles is 1. The summed E-state index contributed by atoms with van der Waals surface area (Å²) < 4.78 is 0. The molecule has 0 radical (unpaired) electrons. The molecule has 1 atom stereocenters. The van der Waals surface area contributed by atoms with Crippen LogP contribution in [0.4, 0.5) is 10.7 Å². The summed E-state index contributed by atoms with van der Waals surface area (Å²) in [4.78, 5) is 16.9. The number of thiophene rings is 1. The molecule has 0 aliphatic carbocycles. The molecule has 0 unspecified atom stereocenters. The molecule has 1 amide bonds. The summed E-state index contributed by atoms with van der Waals surface area (Å²) in [7, 11) is 0. The standard InChI is InChI=1S/C18H19ClN4OS/c1-13(17(24)21-18-14(12-20)5-10-25-18)22-6-8-23(9-7-22)16-4-2-3-15(19)11-16/h2-5,10-11,13H,6-9H2,1H3,(H,21,24)/t13-/m1/s1. The second kappa shape index (κ2) is 7.87. The molecule has 1 fully saturated rings. The van der Waals surface area contributed by atoms with Gasteiger partial charge in [0.25, 0.3) is 0 Å². The second-order valence-corrected chi connectivity index (χ2v) is 7.30. The Bertz CT molecular complexity index is 792. The Hall–Kier alpha value is -2.07. The Morgan fingerprint density at radius 2 is 2.08 bits per heavy atom. The maximum absolute atomic E-state index is 12.5. The molecule has 0 bridgehead atoms. The van der Waals surface area contributed by atoms with Crippen LogP contribution < -0.4 is 10.2 Å². The predicted molar refractivity (Wildman–Crippen MR) is 102 cm³/mol. The Morgan fingerprint density at radius 3 is 2.76 bits per heavy atom. The summed E-state index contributed by atoms with van der Waals surface area (Å²) in [5, 5.41) is 15.1. The van der Waals surface area contributed by atoms with Gasteiger partial charge in [-0.15, -0.1) is 11.3 Å². The molecule has 0 spiro atoms. The summed E-state index contributed by atoms with van der Waals surface area (Å²) in [6.45, 7) is 5.21. The Kier molecular flexibility index (Phi) is 5.59. The average Bonchev–Trinajstić information content (AvgIpc) is 3.08. The molecule has 7 heteroatoms. The molecule has 1 aliphatic rings. The van der Waals surface area contributed by atoms with E-state index < -0.39 is 0 Å². The van der Waals surface area contributed by atoms with Gasteiger partial charge < -0.3 is 10.2 Å². The van der Waals surface area contributed by atoms with Crippen LogP contribution in [0.5, 0.6) is 0 Å². The van der Waals surface area contributed by atoms with Gasteiger partial charge >= 0.3 is 0 Å². The third kappa shape index (κ3) is 4.13. The number of hydrogen-bond acceptors (Lipinski definition) is 5. The first kappa shape index (κ1) is 17.7. The van der Waals surface area contributed by atoms with Crippen LogP contribution in [0.2, 0.25) is 5.02 Å². The van der Waals surface area contributed by atoms with Gasteiger partial charge in [0.2, 0.25) is 5.91 Å². The summed E-state index contributed by atoms with van der Waals surface area (Å²) in [6.07, 6.45) is 0. The molecule has 3 rings (SSSR count). The minimum atomic E-state index is -0.241. The predicted octanol–water partition coefficient (Wildman–Crippen LogP) is 3.42. The Labute approximate surface area is 156 Å². The lowest BCUT2D eigenvalue weighted by Gasteiger charge is -2.38. The van der Waals surface area contributed by atoms with Crippen molar-refractivity contribution in [1.29, 1.82) is 5.26 Å². The number of piperazine rings is 1. The first-order valence-corrected chi connectivity index (χ1v) is 9.37. The summed E-state index contributed by atoms with van der Waals surface area (Å²) in [5.41, 5.74) is 1.62. The highest BCUT2D eigenvalue weighted by atomic mass is 35.5. The SMILES string of the molecule is C[C@H](C(=O)Nc1sccc1C#N)N1CCN(c2cccc(Cl)c2)CC1. The van der Waals surface area contributed by atoms with Crippen molar-refractivity contribution in [1.82, 2.24) is 4.90 Å². The van der Waals surface area contributed by atoms with Crippen molar-refractivity contribution >= 4 is 39.5 Å². The van der Waals surface area contributed by atoms with Crippen molar-refractivity contribution < 1.29 is 4.79 Å². The second-order valence-electron chi connectivity index (χ2n) is 5.94. The smallest absolute Gasteiger partial charge is 0.242 e. The highest BCUT2D eigenvalue weighted by Crippen LogP contribution is 2.24. The largest absolute Gasteiger partial charge is 0.369 e. The van der Waals surface area contributed by atoms with E-state index in [2.05, 4.69) is 27.3 Å². The molecule has 0 saturated carbocycles. The maximum atomic E-state index is 12.5. The van der Waals surface area contributed by atoms with Gasteiger partial charge in [0.15, 0.2) is 0 Å². The van der Waals surface area contributed by atoms with E-state index in [4.69, 9.17) is 16.9 Å². The van der Waals surface area contributed by atoms with Crippen LogP contribution in [0, 0.1) is 11.3 Å². The summed E-state index contributed by atoms with van der Waals surface area (Å²) in [6, 6.07) is 11.4. The number of carbonyl (C=O) groups is 1. The number of nitrogens with one attached hydrogen (secondary N) is 1.